The van der Waals surface area contributed by atoms with Crippen LogP contribution in [-0.2, 0) is 6.18 Å². The summed E-state index contributed by atoms with van der Waals surface area (Å²) in [4.78, 5) is 12.7. The highest BCUT2D eigenvalue weighted by atomic mass is 32.2. The number of nitrogens with one attached hydrogen (secondary N) is 1. The first-order valence-electron chi connectivity index (χ1n) is 10.0. The predicted molar refractivity (Wildman–Crippen MR) is 113 cm³/mol. The standard InChI is InChI=1S/C19H24F3N5OS2/c1-29-27-8-6-12(7-9-27)25-17-23-10-14(19(20,21)22)16(26-17)15-11-24-18(30-15)28-13-4-2-3-5-13/h10-13H,2-9H2,1H3,(H,23,25,26). The Balaban J connectivity index is 1.54. The highest BCUT2D eigenvalue weighted by molar-refractivity contribution is 7.96. The fourth-order valence-electron chi connectivity index (χ4n) is 3.78. The van der Waals surface area contributed by atoms with Crippen molar-refractivity contribution in [2.75, 3.05) is 24.7 Å². The molecule has 4 rings (SSSR count). The second kappa shape index (κ2) is 9.27. The van der Waals surface area contributed by atoms with Crippen molar-refractivity contribution in [1.82, 2.24) is 19.3 Å². The minimum absolute atomic E-state index is 0.0980. The Hall–Kier alpha value is -1.59. The Bertz CT molecular complexity index is 849. The van der Waals surface area contributed by atoms with Gasteiger partial charge in [0.15, 0.2) is 0 Å². The molecule has 3 heterocycles. The average Bonchev–Trinajstić information content (AvgIpc) is 3.40. The topological polar surface area (TPSA) is 63.2 Å². The van der Waals surface area contributed by atoms with Crippen LogP contribution in [0.3, 0.4) is 0 Å². The summed E-state index contributed by atoms with van der Waals surface area (Å²) < 4.78 is 48.9. The highest BCUT2D eigenvalue weighted by Gasteiger charge is 2.36. The number of hydrogen-bond acceptors (Lipinski definition) is 8. The molecule has 0 amide bonds. The molecule has 1 aliphatic carbocycles. The highest BCUT2D eigenvalue weighted by Crippen LogP contribution is 2.40. The zero-order chi connectivity index (χ0) is 21.1. The predicted octanol–water partition coefficient (Wildman–Crippen LogP) is 5.09. The van der Waals surface area contributed by atoms with Crippen LogP contribution in [0, 0.1) is 0 Å². The number of aromatic nitrogens is 3. The Labute approximate surface area is 181 Å². The normalized spacial score (nSPS) is 19.3. The smallest absolute Gasteiger partial charge is 0.420 e. The first-order chi connectivity index (χ1) is 14.4. The first kappa shape index (κ1) is 21.6. The van der Waals surface area contributed by atoms with Gasteiger partial charge in [-0.25, -0.2) is 15.0 Å². The first-order valence-corrected chi connectivity index (χ1v) is 12.0. The molecule has 11 heteroatoms. The average molecular weight is 460 g/mol. The number of halogens is 3. The van der Waals surface area contributed by atoms with Crippen LogP contribution in [-0.4, -0.2) is 50.7 Å². The third-order valence-corrected chi connectivity index (χ3v) is 7.20. The fourth-order valence-corrected chi connectivity index (χ4v) is 5.19. The number of thiazole rings is 1. The maximum absolute atomic E-state index is 13.6. The zero-order valence-electron chi connectivity index (χ0n) is 16.6. The lowest BCUT2D eigenvalue weighted by molar-refractivity contribution is -0.137. The van der Waals surface area contributed by atoms with Crippen LogP contribution >= 0.6 is 23.3 Å². The molecule has 0 spiro atoms. The van der Waals surface area contributed by atoms with Crippen molar-refractivity contribution >= 4 is 29.2 Å². The summed E-state index contributed by atoms with van der Waals surface area (Å²) in [5.74, 6) is 0.215. The van der Waals surface area contributed by atoms with E-state index in [1.807, 2.05) is 6.26 Å². The Morgan fingerprint density at radius 2 is 1.87 bits per heavy atom. The minimum atomic E-state index is -4.55. The lowest BCUT2D eigenvalue weighted by atomic mass is 10.1. The third-order valence-electron chi connectivity index (χ3n) is 5.43. The Morgan fingerprint density at radius 3 is 2.53 bits per heavy atom. The number of hydrogen-bond donors (Lipinski definition) is 1. The maximum atomic E-state index is 13.6. The van der Waals surface area contributed by atoms with Gasteiger partial charge in [0, 0.05) is 25.3 Å². The SMILES string of the molecule is CSN1CCC(Nc2ncc(C(F)(F)F)c(-c3cnc(OC4CCCC4)s3)n2)CC1. The molecule has 0 radical (unpaired) electrons. The number of nitrogens with zero attached hydrogens (tertiary/aromatic N) is 4. The number of anilines is 1. The van der Waals surface area contributed by atoms with E-state index >= 15 is 0 Å². The van der Waals surface area contributed by atoms with Crippen molar-refractivity contribution < 1.29 is 17.9 Å². The van der Waals surface area contributed by atoms with E-state index in [4.69, 9.17) is 4.74 Å². The fraction of sp³-hybridized carbons (Fsp3) is 0.632. The number of rotatable bonds is 6. The van der Waals surface area contributed by atoms with Gasteiger partial charge >= 0.3 is 6.18 Å². The van der Waals surface area contributed by atoms with Gasteiger partial charge in [-0.2, -0.15) is 13.2 Å². The Kier molecular flexibility index (Phi) is 6.69. The van der Waals surface area contributed by atoms with Crippen LogP contribution in [0.25, 0.3) is 10.6 Å². The molecule has 6 nitrogen and oxygen atoms in total. The molecule has 0 bridgehead atoms. The third kappa shape index (κ3) is 5.17. The molecule has 1 aliphatic heterocycles. The molecule has 2 aliphatic rings. The molecule has 0 unspecified atom stereocenters. The molecular formula is C19H24F3N5OS2. The van der Waals surface area contributed by atoms with Crippen molar-refractivity contribution in [2.45, 2.75) is 56.8 Å². The number of alkyl halides is 3. The second-order valence-electron chi connectivity index (χ2n) is 7.50. The van der Waals surface area contributed by atoms with Crippen LogP contribution in [0.2, 0.25) is 0 Å². The minimum Gasteiger partial charge on any atom is -0.467 e. The summed E-state index contributed by atoms with van der Waals surface area (Å²) >= 11 is 2.80. The monoisotopic (exact) mass is 459 g/mol. The van der Waals surface area contributed by atoms with Gasteiger partial charge in [-0.05, 0) is 44.8 Å². The van der Waals surface area contributed by atoms with E-state index in [2.05, 4.69) is 24.6 Å². The van der Waals surface area contributed by atoms with Gasteiger partial charge in [-0.15, -0.1) is 0 Å². The van der Waals surface area contributed by atoms with Gasteiger partial charge in [-0.1, -0.05) is 23.3 Å². The summed E-state index contributed by atoms with van der Waals surface area (Å²) in [5.41, 5.74) is -1.01. The summed E-state index contributed by atoms with van der Waals surface area (Å²) in [6, 6.07) is 0.140. The van der Waals surface area contributed by atoms with E-state index in [9.17, 15) is 13.2 Å². The van der Waals surface area contributed by atoms with Gasteiger partial charge in [0.25, 0.3) is 5.19 Å². The molecule has 2 aromatic rings. The van der Waals surface area contributed by atoms with Crippen LogP contribution in [0.15, 0.2) is 12.4 Å². The number of ether oxygens (including phenoxy) is 1. The lowest BCUT2D eigenvalue weighted by Gasteiger charge is -2.30. The van der Waals surface area contributed by atoms with Crippen molar-refractivity contribution in [3.63, 3.8) is 0 Å². The van der Waals surface area contributed by atoms with Crippen molar-refractivity contribution in [3.8, 4) is 15.8 Å². The summed E-state index contributed by atoms with van der Waals surface area (Å²) in [6.07, 6.45) is 5.77. The Morgan fingerprint density at radius 1 is 1.13 bits per heavy atom. The molecule has 1 saturated carbocycles. The van der Waals surface area contributed by atoms with E-state index in [0.717, 1.165) is 69.1 Å². The second-order valence-corrected chi connectivity index (χ2v) is 9.37. The van der Waals surface area contributed by atoms with Gasteiger partial charge in [0.2, 0.25) is 5.95 Å². The van der Waals surface area contributed by atoms with Crippen LogP contribution in [0.4, 0.5) is 19.1 Å². The van der Waals surface area contributed by atoms with E-state index in [-0.39, 0.29) is 23.8 Å². The van der Waals surface area contributed by atoms with Crippen molar-refractivity contribution in [1.29, 1.82) is 0 Å². The van der Waals surface area contributed by atoms with Crippen LogP contribution < -0.4 is 10.1 Å². The van der Waals surface area contributed by atoms with Gasteiger partial charge < -0.3 is 10.1 Å². The molecule has 164 valence electrons. The molecule has 0 aromatic carbocycles. The summed E-state index contributed by atoms with van der Waals surface area (Å²) in [7, 11) is 0. The van der Waals surface area contributed by atoms with Gasteiger partial charge in [0.1, 0.15) is 11.7 Å². The molecular weight excluding hydrogens is 435 g/mol. The van der Waals surface area contributed by atoms with Gasteiger partial charge in [0.05, 0.1) is 16.8 Å². The van der Waals surface area contributed by atoms with Crippen molar-refractivity contribution in [2.24, 2.45) is 0 Å². The molecule has 2 fully saturated rings. The summed E-state index contributed by atoms with van der Waals surface area (Å²) in [5, 5.41) is 3.60. The maximum Gasteiger partial charge on any atom is 0.420 e. The summed E-state index contributed by atoms with van der Waals surface area (Å²) in [6.45, 7) is 1.84. The van der Waals surface area contributed by atoms with E-state index < -0.39 is 11.7 Å². The largest absolute Gasteiger partial charge is 0.467 e. The molecule has 1 N–H and O–H groups in total. The molecule has 2 aromatic heterocycles. The van der Waals surface area contributed by atoms with Crippen LogP contribution in [0.5, 0.6) is 5.19 Å². The van der Waals surface area contributed by atoms with E-state index in [0.29, 0.717) is 10.1 Å². The van der Waals surface area contributed by atoms with Gasteiger partial charge in [-0.3, -0.25) is 4.31 Å². The quantitative estimate of drug-likeness (QED) is 0.604. The van der Waals surface area contributed by atoms with E-state index in [1.54, 1.807) is 11.9 Å². The van der Waals surface area contributed by atoms with Crippen molar-refractivity contribution in [3.05, 3.63) is 18.0 Å². The van der Waals surface area contributed by atoms with Crippen LogP contribution in [0.1, 0.15) is 44.1 Å². The molecule has 1 saturated heterocycles. The zero-order valence-corrected chi connectivity index (χ0v) is 18.2. The lowest BCUT2D eigenvalue weighted by Crippen LogP contribution is -2.35. The molecule has 30 heavy (non-hydrogen) atoms. The molecule has 0 atom stereocenters. The number of piperidine rings is 1. The van der Waals surface area contributed by atoms with E-state index in [1.165, 1.54) is 6.20 Å².